The number of aromatic nitrogens is 3. The third kappa shape index (κ3) is 5.66. The second-order valence-electron chi connectivity index (χ2n) is 8.39. The minimum absolute atomic E-state index is 0.441. The maximum absolute atomic E-state index is 12.9. The molecule has 0 saturated carbocycles. The van der Waals surface area contributed by atoms with Crippen molar-refractivity contribution in [2.45, 2.75) is 26.0 Å². The Morgan fingerprint density at radius 1 is 0.886 bits per heavy atom. The van der Waals surface area contributed by atoms with Gasteiger partial charge in [-0.2, -0.15) is 13.5 Å². The Morgan fingerprint density at radius 2 is 1.37 bits per heavy atom. The fourth-order valence-electron chi connectivity index (χ4n) is 4.08. The van der Waals surface area contributed by atoms with Gasteiger partial charge in [0.15, 0.2) is 0 Å². The van der Waals surface area contributed by atoms with Crippen molar-refractivity contribution in [2.24, 2.45) is 0 Å². The Hall–Kier alpha value is -3.35. The molecule has 1 fully saturated rings. The first kappa shape index (κ1) is 24.8. The first-order valence-corrected chi connectivity index (χ1v) is 12.6. The van der Waals surface area contributed by atoms with Crippen LogP contribution in [0.15, 0.2) is 59.7 Å². The zero-order chi connectivity index (χ0) is 25.2. The molecule has 1 aromatic heterocycles. The lowest BCUT2D eigenvalue weighted by atomic mass is 10.2. The first-order valence-electron chi connectivity index (χ1n) is 11.2. The summed E-state index contributed by atoms with van der Waals surface area (Å²) >= 11 is 0. The van der Waals surface area contributed by atoms with Crippen molar-refractivity contribution in [3.63, 3.8) is 0 Å². The van der Waals surface area contributed by atoms with E-state index in [1.807, 2.05) is 36.4 Å². The summed E-state index contributed by atoms with van der Waals surface area (Å²) in [6.45, 7) is 6.54. The van der Waals surface area contributed by atoms with Gasteiger partial charge in [-0.05, 0) is 62.4 Å². The standard InChI is InChI=1S/C23H29N5O6S/c1-17(18(2)34-35(30,31)32)28-23(29)27(16-24-28)21-6-4-19(5-7-21)25-12-14-26(15-13-25)20-8-10-22(33-3)11-9-20/h4-11,16-18H,12-15H2,1-3H3,(H,30,31,32). The fourth-order valence-corrected chi connectivity index (χ4v) is 4.63. The molecule has 35 heavy (non-hydrogen) atoms. The number of hydrogen-bond acceptors (Lipinski definition) is 8. The summed E-state index contributed by atoms with van der Waals surface area (Å²) < 4.78 is 43.1. The molecule has 0 amide bonds. The van der Waals surface area contributed by atoms with Crippen LogP contribution in [0.4, 0.5) is 11.4 Å². The number of ether oxygens (including phenoxy) is 1. The highest BCUT2D eigenvalue weighted by molar-refractivity contribution is 7.80. The van der Waals surface area contributed by atoms with Crippen molar-refractivity contribution < 1.29 is 21.9 Å². The van der Waals surface area contributed by atoms with E-state index < -0.39 is 28.2 Å². The zero-order valence-corrected chi connectivity index (χ0v) is 20.6. The van der Waals surface area contributed by atoms with Crippen LogP contribution in [0.25, 0.3) is 5.69 Å². The molecule has 1 saturated heterocycles. The number of rotatable bonds is 8. The van der Waals surface area contributed by atoms with Gasteiger partial charge >= 0.3 is 16.1 Å². The third-order valence-electron chi connectivity index (χ3n) is 6.24. The molecule has 1 aliphatic rings. The van der Waals surface area contributed by atoms with Crippen LogP contribution < -0.4 is 20.2 Å². The molecule has 1 aliphatic heterocycles. The third-order valence-corrected chi connectivity index (χ3v) is 6.79. The van der Waals surface area contributed by atoms with Gasteiger partial charge in [0.25, 0.3) is 0 Å². The van der Waals surface area contributed by atoms with Crippen LogP contribution >= 0.6 is 0 Å². The van der Waals surface area contributed by atoms with Crippen LogP contribution in [0.5, 0.6) is 5.75 Å². The molecule has 0 bridgehead atoms. The molecule has 4 rings (SSSR count). The topological polar surface area (TPSA) is 119 Å². The van der Waals surface area contributed by atoms with E-state index in [1.54, 1.807) is 14.0 Å². The molecule has 2 unspecified atom stereocenters. The summed E-state index contributed by atoms with van der Waals surface area (Å²) in [6.07, 6.45) is 0.395. The molecular weight excluding hydrogens is 474 g/mol. The number of anilines is 2. The maximum atomic E-state index is 12.9. The summed E-state index contributed by atoms with van der Waals surface area (Å²) in [5.74, 6) is 0.840. The van der Waals surface area contributed by atoms with E-state index in [0.717, 1.165) is 42.3 Å². The molecule has 2 aromatic carbocycles. The predicted molar refractivity (Wildman–Crippen MR) is 132 cm³/mol. The fraction of sp³-hybridized carbons (Fsp3) is 0.391. The molecule has 12 heteroatoms. The Balaban J connectivity index is 1.41. The second-order valence-corrected chi connectivity index (χ2v) is 9.43. The quantitative estimate of drug-likeness (QED) is 0.461. The Morgan fingerprint density at radius 3 is 1.86 bits per heavy atom. The monoisotopic (exact) mass is 503 g/mol. The lowest BCUT2D eigenvalue weighted by Crippen LogP contribution is -2.46. The van der Waals surface area contributed by atoms with Crippen LogP contribution in [0.3, 0.4) is 0 Å². The van der Waals surface area contributed by atoms with E-state index in [4.69, 9.17) is 9.29 Å². The summed E-state index contributed by atoms with van der Waals surface area (Å²) in [5, 5.41) is 4.09. The van der Waals surface area contributed by atoms with Crippen molar-refractivity contribution >= 4 is 21.8 Å². The van der Waals surface area contributed by atoms with E-state index in [2.05, 4.69) is 31.2 Å². The van der Waals surface area contributed by atoms with Crippen molar-refractivity contribution in [2.75, 3.05) is 43.1 Å². The smallest absolute Gasteiger partial charge is 0.397 e. The van der Waals surface area contributed by atoms with Gasteiger partial charge in [-0.15, -0.1) is 0 Å². The van der Waals surface area contributed by atoms with Crippen LogP contribution in [0.1, 0.15) is 19.9 Å². The van der Waals surface area contributed by atoms with Crippen LogP contribution in [0, 0.1) is 0 Å². The van der Waals surface area contributed by atoms with E-state index in [0.29, 0.717) is 5.69 Å². The van der Waals surface area contributed by atoms with Gasteiger partial charge in [-0.1, -0.05) is 0 Å². The molecule has 188 valence electrons. The largest absolute Gasteiger partial charge is 0.497 e. The van der Waals surface area contributed by atoms with Gasteiger partial charge < -0.3 is 14.5 Å². The van der Waals surface area contributed by atoms with Gasteiger partial charge in [0.1, 0.15) is 12.1 Å². The second kappa shape index (κ2) is 10.1. The van der Waals surface area contributed by atoms with Gasteiger partial charge in [-0.25, -0.2) is 18.2 Å². The number of nitrogens with zero attached hydrogens (tertiary/aromatic N) is 5. The van der Waals surface area contributed by atoms with Gasteiger partial charge in [0, 0.05) is 37.6 Å². The van der Waals surface area contributed by atoms with Crippen LogP contribution in [-0.4, -0.2) is 66.7 Å². The molecule has 0 radical (unpaired) electrons. The van der Waals surface area contributed by atoms with Crippen molar-refractivity contribution in [3.8, 4) is 11.4 Å². The van der Waals surface area contributed by atoms with Gasteiger partial charge in [0.2, 0.25) is 0 Å². The summed E-state index contributed by atoms with van der Waals surface area (Å²) in [5.41, 5.74) is 2.43. The lowest BCUT2D eigenvalue weighted by molar-refractivity contribution is 0.142. The van der Waals surface area contributed by atoms with Crippen LogP contribution in [0.2, 0.25) is 0 Å². The number of hydrogen-bond donors (Lipinski definition) is 1. The van der Waals surface area contributed by atoms with Crippen molar-refractivity contribution in [1.82, 2.24) is 14.3 Å². The Kier molecular flexibility index (Phi) is 7.15. The van der Waals surface area contributed by atoms with Crippen LogP contribution in [-0.2, 0) is 14.6 Å². The highest BCUT2D eigenvalue weighted by Crippen LogP contribution is 2.23. The highest BCUT2D eigenvalue weighted by atomic mass is 32.3. The molecule has 3 aromatic rings. The molecule has 2 heterocycles. The van der Waals surface area contributed by atoms with E-state index in [9.17, 15) is 13.2 Å². The predicted octanol–water partition coefficient (Wildman–Crippen LogP) is 2.14. The number of benzene rings is 2. The lowest BCUT2D eigenvalue weighted by Gasteiger charge is -2.37. The SMILES string of the molecule is COc1ccc(N2CCN(c3ccc(-n4cnn(C(C)C(C)OS(=O)(=O)O)c4=O)cc3)CC2)cc1. The average Bonchev–Trinajstić information content (AvgIpc) is 3.24. The van der Waals surface area contributed by atoms with Gasteiger partial charge in [-0.3, -0.25) is 4.55 Å². The molecule has 11 nitrogen and oxygen atoms in total. The molecule has 0 spiro atoms. The van der Waals surface area contributed by atoms with E-state index in [1.165, 1.54) is 23.5 Å². The molecule has 0 aliphatic carbocycles. The minimum atomic E-state index is -4.64. The maximum Gasteiger partial charge on any atom is 0.397 e. The van der Waals surface area contributed by atoms with E-state index in [-0.39, 0.29) is 0 Å². The normalized spacial score (nSPS) is 16.2. The van der Waals surface area contributed by atoms with Gasteiger partial charge in [0.05, 0.1) is 24.9 Å². The summed E-state index contributed by atoms with van der Waals surface area (Å²) in [4.78, 5) is 17.5. The summed E-state index contributed by atoms with van der Waals surface area (Å²) in [6, 6.07) is 15.0. The minimum Gasteiger partial charge on any atom is -0.497 e. The van der Waals surface area contributed by atoms with E-state index >= 15 is 0 Å². The number of piperazine rings is 1. The molecular formula is C23H29N5O6S. The van der Waals surface area contributed by atoms with Crippen molar-refractivity contribution in [3.05, 3.63) is 65.3 Å². The highest BCUT2D eigenvalue weighted by Gasteiger charge is 2.24. The summed E-state index contributed by atoms with van der Waals surface area (Å²) in [7, 11) is -2.98. The molecule has 1 N–H and O–H groups in total. The Bertz CT molecular complexity index is 1300. The van der Waals surface area contributed by atoms with Crippen molar-refractivity contribution in [1.29, 1.82) is 0 Å². The zero-order valence-electron chi connectivity index (χ0n) is 19.8. The Labute approximate surface area is 204 Å². The first-order chi connectivity index (χ1) is 16.7. The number of methoxy groups -OCH3 is 1. The average molecular weight is 504 g/mol. The molecule has 2 atom stereocenters.